The van der Waals surface area contributed by atoms with Crippen LogP contribution in [0.3, 0.4) is 0 Å². The van der Waals surface area contributed by atoms with Crippen molar-refractivity contribution in [1.82, 2.24) is 0 Å². The average molecular weight is 342 g/mol. The second-order valence-electron chi connectivity index (χ2n) is 7.33. The Hall–Kier alpha value is 0.430. The van der Waals surface area contributed by atoms with Crippen molar-refractivity contribution >= 4 is 8.58 Å². The molecule has 0 aromatic rings. The molecule has 0 N–H and O–H groups in total. The molecule has 0 saturated heterocycles. The third kappa shape index (κ3) is 22.4. The average Bonchev–Trinajstić information content (AvgIpc) is 2.57. The summed E-state index contributed by atoms with van der Waals surface area (Å²) in [5.41, 5.74) is 0. The Bertz CT molecular complexity index is 170. The molecule has 1 heteroatoms. The Balaban J connectivity index is 2.92. The van der Waals surface area contributed by atoms with Crippen LogP contribution in [-0.4, -0.2) is 12.3 Å². The lowest BCUT2D eigenvalue weighted by atomic mass is 10.1. The number of unbranched alkanes of at least 4 members (excludes halogenated alkanes) is 16. The van der Waals surface area contributed by atoms with Crippen LogP contribution in [0, 0.1) is 0 Å². The molecular formula is C22H46P. The maximum absolute atomic E-state index is 2.30. The quantitative estimate of drug-likeness (QED) is 0.153. The van der Waals surface area contributed by atoms with Crippen LogP contribution in [0.1, 0.15) is 129 Å². The number of hydrogen-bond acceptors (Lipinski definition) is 0. The summed E-state index contributed by atoms with van der Waals surface area (Å²) in [5.74, 6) is 0. The van der Waals surface area contributed by atoms with Gasteiger partial charge in [0.25, 0.3) is 0 Å². The molecule has 0 atom stereocenters. The van der Waals surface area contributed by atoms with Crippen LogP contribution < -0.4 is 0 Å². The van der Waals surface area contributed by atoms with E-state index >= 15 is 0 Å². The van der Waals surface area contributed by atoms with Gasteiger partial charge in [0.1, 0.15) is 0 Å². The maximum Gasteiger partial charge on any atom is -0.0287 e. The number of rotatable bonds is 20. The largest absolute Gasteiger partial charge is 0.0810 e. The highest BCUT2D eigenvalue weighted by Gasteiger charge is 1.95. The molecule has 139 valence electrons. The minimum Gasteiger partial charge on any atom is -0.0810 e. The molecule has 0 nitrogen and oxygen atoms in total. The van der Waals surface area contributed by atoms with Gasteiger partial charge >= 0.3 is 0 Å². The smallest absolute Gasteiger partial charge is 0.0287 e. The molecule has 0 aliphatic rings. The Labute approximate surface area is 150 Å². The zero-order valence-corrected chi connectivity index (χ0v) is 17.5. The van der Waals surface area contributed by atoms with Crippen molar-refractivity contribution in [3.63, 3.8) is 0 Å². The molecule has 0 fully saturated rings. The van der Waals surface area contributed by atoms with Crippen molar-refractivity contribution < 1.29 is 0 Å². The summed E-state index contributed by atoms with van der Waals surface area (Å²) in [7, 11) is 1.73. The first kappa shape index (κ1) is 23.4. The molecular weight excluding hydrogens is 295 g/mol. The van der Waals surface area contributed by atoms with Gasteiger partial charge in [0, 0.05) is 0 Å². The van der Waals surface area contributed by atoms with Crippen molar-refractivity contribution in [2.45, 2.75) is 129 Å². The highest BCUT2D eigenvalue weighted by atomic mass is 31.1. The molecule has 0 heterocycles. The summed E-state index contributed by atoms with van der Waals surface area (Å²) in [6.07, 6.45) is 29.3. The predicted octanol–water partition coefficient (Wildman–Crippen LogP) is 8.99. The van der Waals surface area contributed by atoms with Gasteiger partial charge in [-0.15, -0.1) is 0 Å². The van der Waals surface area contributed by atoms with Crippen LogP contribution in [0.15, 0.2) is 0 Å². The lowest BCUT2D eigenvalue weighted by Gasteiger charge is -2.03. The summed E-state index contributed by atoms with van der Waals surface area (Å²) in [6.45, 7) is 4.60. The molecule has 0 unspecified atom stereocenters. The van der Waals surface area contributed by atoms with Crippen LogP contribution in [0.2, 0.25) is 0 Å². The van der Waals surface area contributed by atoms with Gasteiger partial charge in [-0.25, -0.2) is 0 Å². The van der Waals surface area contributed by atoms with Gasteiger partial charge in [0.05, 0.1) is 0 Å². The first-order valence-corrected chi connectivity index (χ1v) is 12.3. The predicted molar refractivity (Wildman–Crippen MR) is 111 cm³/mol. The fraction of sp³-hybridized carbons (Fsp3) is 1.00. The third-order valence-electron chi connectivity index (χ3n) is 4.84. The summed E-state index contributed by atoms with van der Waals surface area (Å²) in [5, 5.41) is 0. The van der Waals surface area contributed by atoms with Gasteiger partial charge in [-0.3, -0.25) is 0 Å². The Kier molecular flexibility index (Phi) is 22.8. The zero-order valence-electron chi connectivity index (χ0n) is 16.6. The van der Waals surface area contributed by atoms with E-state index in [1.165, 1.54) is 128 Å². The Morgan fingerprint density at radius 2 is 0.609 bits per heavy atom. The molecule has 0 bridgehead atoms. The Morgan fingerprint density at radius 3 is 0.913 bits per heavy atom. The zero-order chi connectivity index (χ0) is 16.8. The van der Waals surface area contributed by atoms with E-state index in [1.54, 1.807) is 8.58 Å². The maximum atomic E-state index is 2.30. The normalized spacial score (nSPS) is 11.7. The molecule has 0 rings (SSSR count). The molecule has 0 saturated carbocycles. The third-order valence-corrected chi connectivity index (χ3v) is 6.10. The molecule has 23 heavy (non-hydrogen) atoms. The molecule has 0 amide bonds. The first-order chi connectivity index (χ1) is 11.4. The van der Waals surface area contributed by atoms with Gasteiger partial charge in [-0.1, -0.05) is 125 Å². The van der Waals surface area contributed by atoms with Crippen molar-refractivity contribution in [2.75, 3.05) is 12.3 Å². The highest BCUT2D eigenvalue weighted by Crippen LogP contribution is 2.18. The summed E-state index contributed by atoms with van der Waals surface area (Å²) in [4.78, 5) is 0. The molecule has 0 aromatic carbocycles. The van der Waals surface area contributed by atoms with E-state index in [0.29, 0.717) is 0 Å². The second kappa shape index (κ2) is 22.4. The van der Waals surface area contributed by atoms with Gasteiger partial charge in [0.15, 0.2) is 0 Å². The SMILES string of the molecule is CCCCCCCCCCCC[P]CCCCCCCCCC. The van der Waals surface area contributed by atoms with Crippen LogP contribution in [0.25, 0.3) is 0 Å². The van der Waals surface area contributed by atoms with Crippen LogP contribution in [-0.2, 0) is 0 Å². The topological polar surface area (TPSA) is 0 Å². The van der Waals surface area contributed by atoms with E-state index < -0.39 is 0 Å². The van der Waals surface area contributed by atoms with E-state index in [2.05, 4.69) is 13.8 Å². The van der Waals surface area contributed by atoms with Gasteiger partial charge in [0.2, 0.25) is 0 Å². The van der Waals surface area contributed by atoms with Crippen LogP contribution >= 0.6 is 8.58 Å². The van der Waals surface area contributed by atoms with Crippen LogP contribution in [0.5, 0.6) is 0 Å². The van der Waals surface area contributed by atoms with Gasteiger partial charge in [-0.05, 0) is 25.2 Å². The minimum absolute atomic E-state index is 1.37. The monoisotopic (exact) mass is 341 g/mol. The van der Waals surface area contributed by atoms with E-state index in [9.17, 15) is 0 Å². The van der Waals surface area contributed by atoms with Gasteiger partial charge in [-0.2, -0.15) is 0 Å². The van der Waals surface area contributed by atoms with E-state index in [-0.39, 0.29) is 0 Å². The van der Waals surface area contributed by atoms with Crippen molar-refractivity contribution in [1.29, 1.82) is 0 Å². The Morgan fingerprint density at radius 1 is 0.348 bits per heavy atom. The summed E-state index contributed by atoms with van der Waals surface area (Å²) in [6, 6.07) is 0. The fourth-order valence-corrected chi connectivity index (χ4v) is 4.30. The van der Waals surface area contributed by atoms with Crippen molar-refractivity contribution in [3.05, 3.63) is 0 Å². The lowest BCUT2D eigenvalue weighted by molar-refractivity contribution is 0.563. The lowest BCUT2D eigenvalue weighted by Crippen LogP contribution is -1.85. The molecule has 0 spiro atoms. The van der Waals surface area contributed by atoms with Crippen molar-refractivity contribution in [3.8, 4) is 0 Å². The van der Waals surface area contributed by atoms with E-state index in [4.69, 9.17) is 0 Å². The van der Waals surface area contributed by atoms with Crippen molar-refractivity contribution in [2.24, 2.45) is 0 Å². The molecule has 1 radical (unpaired) electrons. The first-order valence-electron chi connectivity index (χ1n) is 11.0. The molecule has 0 aromatic heterocycles. The van der Waals surface area contributed by atoms with E-state index in [0.717, 1.165) is 0 Å². The van der Waals surface area contributed by atoms with Crippen LogP contribution in [0.4, 0.5) is 0 Å². The summed E-state index contributed by atoms with van der Waals surface area (Å²) < 4.78 is 0. The minimum atomic E-state index is 1.37. The second-order valence-corrected chi connectivity index (χ2v) is 8.67. The fourth-order valence-electron chi connectivity index (χ4n) is 3.18. The number of hydrogen-bond donors (Lipinski definition) is 0. The van der Waals surface area contributed by atoms with Gasteiger partial charge < -0.3 is 0 Å². The molecule has 0 aliphatic carbocycles. The highest BCUT2D eigenvalue weighted by molar-refractivity contribution is 7.37. The standard InChI is InChI=1S/C22H46P/c1-3-5-7-9-11-13-14-16-18-20-22-23-21-19-17-15-12-10-8-6-4-2/h3-22H2,1-2H3. The van der Waals surface area contributed by atoms with E-state index in [1.807, 2.05) is 0 Å². The summed E-state index contributed by atoms with van der Waals surface area (Å²) >= 11 is 0. The molecule has 0 aliphatic heterocycles.